The van der Waals surface area contributed by atoms with E-state index in [0.29, 0.717) is 5.56 Å². The van der Waals surface area contributed by atoms with E-state index in [1.807, 2.05) is 43.3 Å². The van der Waals surface area contributed by atoms with Crippen molar-refractivity contribution in [3.63, 3.8) is 0 Å². The molecule has 0 saturated carbocycles. The lowest BCUT2D eigenvalue weighted by Crippen LogP contribution is -1.87. The number of rotatable bonds is 2. The molecule has 0 radical (unpaired) electrons. The molecule has 0 amide bonds. The summed E-state index contributed by atoms with van der Waals surface area (Å²) >= 11 is 0. The van der Waals surface area contributed by atoms with Crippen LogP contribution in [0.5, 0.6) is 5.75 Å². The first-order chi connectivity index (χ1) is 7.72. The molecular formula is C14H14O2. The fourth-order valence-electron chi connectivity index (χ4n) is 1.78. The van der Waals surface area contributed by atoms with E-state index in [2.05, 4.69) is 0 Å². The standard InChI is InChI=1S/C14H14O2/c1-10-4-2-3-5-13(10)11-6-7-14(16)12(8-11)9-15/h2-8,15-16H,9H2,1H3. The number of phenols is 1. The van der Waals surface area contributed by atoms with Crippen molar-refractivity contribution in [2.24, 2.45) is 0 Å². The van der Waals surface area contributed by atoms with Crippen LogP contribution in [0, 0.1) is 6.92 Å². The Hall–Kier alpha value is -1.80. The molecule has 2 heteroatoms. The number of aryl methyl sites for hydroxylation is 1. The van der Waals surface area contributed by atoms with Gasteiger partial charge in [0.15, 0.2) is 0 Å². The fraction of sp³-hybridized carbons (Fsp3) is 0.143. The van der Waals surface area contributed by atoms with Gasteiger partial charge in [-0.25, -0.2) is 0 Å². The smallest absolute Gasteiger partial charge is 0.121 e. The van der Waals surface area contributed by atoms with Gasteiger partial charge in [-0.15, -0.1) is 0 Å². The zero-order valence-electron chi connectivity index (χ0n) is 9.14. The monoisotopic (exact) mass is 214 g/mol. The van der Waals surface area contributed by atoms with Gasteiger partial charge in [0.25, 0.3) is 0 Å². The van der Waals surface area contributed by atoms with Crippen molar-refractivity contribution in [1.82, 2.24) is 0 Å². The normalized spacial score (nSPS) is 10.4. The average molecular weight is 214 g/mol. The molecule has 0 saturated heterocycles. The number of aromatic hydroxyl groups is 1. The molecule has 2 rings (SSSR count). The van der Waals surface area contributed by atoms with Gasteiger partial charge in [0, 0.05) is 5.56 Å². The van der Waals surface area contributed by atoms with E-state index in [-0.39, 0.29) is 12.4 Å². The molecular weight excluding hydrogens is 200 g/mol. The fourth-order valence-corrected chi connectivity index (χ4v) is 1.78. The summed E-state index contributed by atoms with van der Waals surface area (Å²) in [6.45, 7) is 1.90. The van der Waals surface area contributed by atoms with E-state index in [9.17, 15) is 5.11 Å². The maximum Gasteiger partial charge on any atom is 0.121 e. The first-order valence-corrected chi connectivity index (χ1v) is 5.21. The predicted molar refractivity (Wildman–Crippen MR) is 64.2 cm³/mol. The van der Waals surface area contributed by atoms with Crippen LogP contribution in [0.15, 0.2) is 42.5 Å². The molecule has 2 aromatic rings. The second kappa shape index (κ2) is 4.37. The topological polar surface area (TPSA) is 40.5 Å². The minimum absolute atomic E-state index is 0.139. The van der Waals surface area contributed by atoms with Gasteiger partial charge >= 0.3 is 0 Å². The van der Waals surface area contributed by atoms with Gasteiger partial charge in [-0.05, 0) is 35.7 Å². The number of aliphatic hydroxyl groups excluding tert-OH is 1. The summed E-state index contributed by atoms with van der Waals surface area (Å²) < 4.78 is 0. The number of hydrogen-bond acceptors (Lipinski definition) is 2. The van der Waals surface area contributed by atoms with Gasteiger partial charge in [0.2, 0.25) is 0 Å². The summed E-state index contributed by atoms with van der Waals surface area (Å²) in [6.07, 6.45) is 0. The Balaban J connectivity index is 2.53. The SMILES string of the molecule is Cc1ccccc1-c1ccc(O)c(CO)c1. The summed E-state index contributed by atoms with van der Waals surface area (Å²) in [5, 5.41) is 18.6. The van der Waals surface area contributed by atoms with Crippen molar-refractivity contribution >= 4 is 0 Å². The summed E-state index contributed by atoms with van der Waals surface area (Å²) in [5.74, 6) is 0.139. The van der Waals surface area contributed by atoms with Gasteiger partial charge < -0.3 is 10.2 Å². The Morgan fingerprint density at radius 2 is 1.81 bits per heavy atom. The second-order valence-corrected chi connectivity index (χ2v) is 3.82. The molecule has 2 N–H and O–H groups in total. The molecule has 0 aromatic heterocycles. The van der Waals surface area contributed by atoms with Crippen molar-refractivity contribution in [3.05, 3.63) is 53.6 Å². The largest absolute Gasteiger partial charge is 0.508 e. The van der Waals surface area contributed by atoms with E-state index in [1.54, 1.807) is 6.07 Å². The first-order valence-electron chi connectivity index (χ1n) is 5.21. The van der Waals surface area contributed by atoms with Crippen LogP contribution in [-0.4, -0.2) is 10.2 Å². The molecule has 82 valence electrons. The Kier molecular flexibility index (Phi) is 2.93. The zero-order valence-corrected chi connectivity index (χ0v) is 9.14. The molecule has 0 spiro atoms. The van der Waals surface area contributed by atoms with Gasteiger partial charge in [0.1, 0.15) is 5.75 Å². The van der Waals surface area contributed by atoms with Crippen molar-refractivity contribution in [2.45, 2.75) is 13.5 Å². The lowest BCUT2D eigenvalue weighted by molar-refractivity contribution is 0.275. The number of hydrogen-bond donors (Lipinski definition) is 2. The quantitative estimate of drug-likeness (QED) is 0.807. The third-order valence-corrected chi connectivity index (χ3v) is 2.71. The molecule has 0 fully saturated rings. The van der Waals surface area contributed by atoms with Crippen molar-refractivity contribution in [1.29, 1.82) is 0 Å². The predicted octanol–water partition coefficient (Wildman–Crippen LogP) is 2.86. The highest BCUT2D eigenvalue weighted by atomic mass is 16.3. The van der Waals surface area contributed by atoms with E-state index in [1.165, 1.54) is 5.56 Å². The highest BCUT2D eigenvalue weighted by Gasteiger charge is 2.05. The molecule has 0 unspecified atom stereocenters. The minimum atomic E-state index is -0.147. The molecule has 2 nitrogen and oxygen atoms in total. The van der Waals surface area contributed by atoms with Crippen LogP contribution in [0.2, 0.25) is 0 Å². The molecule has 0 heterocycles. The molecule has 0 aliphatic heterocycles. The van der Waals surface area contributed by atoms with Crippen LogP contribution in [-0.2, 0) is 6.61 Å². The average Bonchev–Trinajstić information content (AvgIpc) is 2.31. The summed E-state index contributed by atoms with van der Waals surface area (Å²) in [6, 6.07) is 13.3. The van der Waals surface area contributed by atoms with E-state index in [4.69, 9.17) is 5.11 Å². The Bertz CT molecular complexity index is 504. The van der Waals surface area contributed by atoms with Crippen LogP contribution in [0.3, 0.4) is 0 Å². The maximum absolute atomic E-state index is 9.49. The van der Waals surface area contributed by atoms with Gasteiger partial charge in [0.05, 0.1) is 6.61 Å². The number of aliphatic hydroxyl groups is 1. The van der Waals surface area contributed by atoms with Gasteiger partial charge in [-0.1, -0.05) is 30.3 Å². The highest BCUT2D eigenvalue weighted by Crippen LogP contribution is 2.27. The third-order valence-electron chi connectivity index (χ3n) is 2.71. The third kappa shape index (κ3) is 1.92. The van der Waals surface area contributed by atoms with Gasteiger partial charge in [-0.2, -0.15) is 0 Å². The number of benzene rings is 2. The minimum Gasteiger partial charge on any atom is -0.508 e. The van der Waals surface area contributed by atoms with Crippen molar-refractivity contribution in [3.8, 4) is 16.9 Å². The second-order valence-electron chi connectivity index (χ2n) is 3.82. The van der Waals surface area contributed by atoms with E-state index >= 15 is 0 Å². The van der Waals surface area contributed by atoms with Gasteiger partial charge in [-0.3, -0.25) is 0 Å². The molecule has 0 atom stereocenters. The molecule has 0 aliphatic carbocycles. The Labute approximate surface area is 94.8 Å². The Morgan fingerprint density at radius 1 is 1.06 bits per heavy atom. The molecule has 2 aromatic carbocycles. The first kappa shape index (κ1) is 10.7. The van der Waals surface area contributed by atoms with Crippen LogP contribution in [0.4, 0.5) is 0 Å². The van der Waals surface area contributed by atoms with Crippen molar-refractivity contribution in [2.75, 3.05) is 0 Å². The lowest BCUT2D eigenvalue weighted by atomic mass is 9.99. The van der Waals surface area contributed by atoms with E-state index < -0.39 is 0 Å². The summed E-state index contributed by atoms with van der Waals surface area (Å²) in [5.41, 5.74) is 3.87. The molecule has 0 aliphatic rings. The van der Waals surface area contributed by atoms with Crippen LogP contribution >= 0.6 is 0 Å². The summed E-state index contributed by atoms with van der Waals surface area (Å²) in [7, 11) is 0. The van der Waals surface area contributed by atoms with Crippen molar-refractivity contribution < 1.29 is 10.2 Å². The molecule has 0 bridgehead atoms. The zero-order chi connectivity index (χ0) is 11.5. The van der Waals surface area contributed by atoms with E-state index in [0.717, 1.165) is 11.1 Å². The van der Waals surface area contributed by atoms with Crippen LogP contribution < -0.4 is 0 Å². The molecule has 16 heavy (non-hydrogen) atoms. The maximum atomic E-state index is 9.49. The van der Waals surface area contributed by atoms with Crippen LogP contribution in [0.1, 0.15) is 11.1 Å². The Morgan fingerprint density at radius 3 is 2.50 bits per heavy atom. The van der Waals surface area contributed by atoms with Crippen LogP contribution in [0.25, 0.3) is 11.1 Å². The lowest BCUT2D eigenvalue weighted by Gasteiger charge is -2.08. The summed E-state index contributed by atoms with van der Waals surface area (Å²) in [4.78, 5) is 0. The highest BCUT2D eigenvalue weighted by molar-refractivity contribution is 5.68.